The van der Waals surface area contributed by atoms with Crippen molar-refractivity contribution in [2.45, 2.75) is 58.0 Å². The zero-order valence-corrected chi connectivity index (χ0v) is 24.4. The summed E-state index contributed by atoms with van der Waals surface area (Å²) in [6.07, 6.45) is 1.12. The van der Waals surface area contributed by atoms with Crippen LogP contribution in [0.3, 0.4) is 0 Å². The van der Waals surface area contributed by atoms with Crippen molar-refractivity contribution in [1.29, 1.82) is 0 Å². The molecule has 0 radical (unpaired) electrons. The number of sulfonamides is 1. The van der Waals surface area contributed by atoms with E-state index in [1.165, 1.54) is 17.0 Å². The summed E-state index contributed by atoms with van der Waals surface area (Å²) in [7, 11) is -4.09. The molecule has 3 aromatic carbocycles. The molecule has 0 fully saturated rings. The summed E-state index contributed by atoms with van der Waals surface area (Å²) in [6.45, 7) is 7.70. The Morgan fingerprint density at radius 2 is 1.44 bits per heavy atom. The quantitative estimate of drug-likeness (QED) is 0.313. The molecular formula is C30H36ClN3O4S. The SMILES string of the molecule is CCCNC(=O)[C@H](CC)N(Cc1ccc(Cl)cc1)C(=O)CN(c1ccc(C)cc1)S(=O)(=O)c1ccc(C)cc1. The first-order chi connectivity index (χ1) is 18.6. The lowest BCUT2D eigenvalue weighted by Crippen LogP contribution is -2.52. The Kier molecular flexibility index (Phi) is 10.5. The molecule has 0 spiro atoms. The van der Waals surface area contributed by atoms with Gasteiger partial charge in [0.1, 0.15) is 12.6 Å². The summed E-state index contributed by atoms with van der Waals surface area (Å²) in [4.78, 5) is 28.6. The lowest BCUT2D eigenvalue weighted by Gasteiger charge is -2.33. The van der Waals surface area contributed by atoms with Crippen LogP contribution in [0.15, 0.2) is 77.7 Å². The number of hydrogen-bond acceptors (Lipinski definition) is 4. The van der Waals surface area contributed by atoms with Crippen molar-refractivity contribution in [2.75, 3.05) is 17.4 Å². The number of anilines is 1. The zero-order chi connectivity index (χ0) is 28.6. The first-order valence-corrected chi connectivity index (χ1v) is 14.9. The number of carbonyl (C=O) groups is 2. The van der Waals surface area contributed by atoms with Crippen molar-refractivity contribution in [3.8, 4) is 0 Å². The summed E-state index contributed by atoms with van der Waals surface area (Å²) in [6, 6.07) is 19.7. The van der Waals surface area contributed by atoms with Gasteiger partial charge in [0.2, 0.25) is 11.8 Å². The fourth-order valence-corrected chi connectivity index (χ4v) is 5.69. The molecule has 208 valence electrons. The van der Waals surface area contributed by atoms with E-state index in [1.807, 2.05) is 27.7 Å². The van der Waals surface area contributed by atoms with Crippen LogP contribution >= 0.6 is 11.6 Å². The average molecular weight is 570 g/mol. The number of nitrogens with zero attached hydrogens (tertiary/aromatic N) is 2. The molecule has 0 aliphatic heterocycles. The van der Waals surface area contributed by atoms with Gasteiger partial charge in [0.15, 0.2) is 0 Å². The van der Waals surface area contributed by atoms with Gasteiger partial charge in [-0.05, 0) is 68.7 Å². The van der Waals surface area contributed by atoms with E-state index < -0.39 is 28.5 Å². The number of nitrogens with one attached hydrogen (secondary N) is 1. The molecule has 0 saturated heterocycles. The number of aryl methyl sites for hydroxylation is 2. The highest BCUT2D eigenvalue weighted by atomic mass is 35.5. The van der Waals surface area contributed by atoms with Crippen LogP contribution < -0.4 is 9.62 Å². The first-order valence-electron chi connectivity index (χ1n) is 13.0. The van der Waals surface area contributed by atoms with E-state index in [0.717, 1.165) is 27.4 Å². The lowest BCUT2D eigenvalue weighted by molar-refractivity contribution is -0.140. The predicted molar refractivity (Wildman–Crippen MR) is 156 cm³/mol. The van der Waals surface area contributed by atoms with E-state index in [4.69, 9.17) is 11.6 Å². The molecular weight excluding hydrogens is 534 g/mol. The molecule has 3 aromatic rings. The van der Waals surface area contributed by atoms with Gasteiger partial charge < -0.3 is 10.2 Å². The van der Waals surface area contributed by atoms with Crippen LogP contribution in [0.1, 0.15) is 43.4 Å². The van der Waals surface area contributed by atoms with Crippen LogP contribution in [-0.2, 0) is 26.2 Å². The van der Waals surface area contributed by atoms with Gasteiger partial charge in [0, 0.05) is 18.1 Å². The van der Waals surface area contributed by atoms with Crippen LogP contribution in [0.4, 0.5) is 5.69 Å². The standard InChI is InChI=1S/C30H36ClN3O4S/c1-5-19-32-30(36)28(6-2)33(20-24-11-13-25(31)14-12-24)29(35)21-34(26-15-7-22(3)8-16-26)39(37,38)27-17-9-23(4)10-18-27/h7-18,28H,5-6,19-21H2,1-4H3,(H,32,36)/t28-/m0/s1. The maximum atomic E-state index is 14.0. The smallest absolute Gasteiger partial charge is 0.264 e. The third-order valence-corrected chi connectivity index (χ3v) is 8.45. The number of amides is 2. The maximum absolute atomic E-state index is 14.0. The molecule has 0 saturated carbocycles. The zero-order valence-electron chi connectivity index (χ0n) is 22.9. The van der Waals surface area contributed by atoms with Gasteiger partial charge in [-0.2, -0.15) is 0 Å². The van der Waals surface area contributed by atoms with Gasteiger partial charge in [0.25, 0.3) is 10.0 Å². The third-order valence-electron chi connectivity index (χ3n) is 6.41. The van der Waals surface area contributed by atoms with Crippen molar-refractivity contribution in [3.05, 3.63) is 94.5 Å². The number of carbonyl (C=O) groups excluding carboxylic acids is 2. The molecule has 39 heavy (non-hydrogen) atoms. The number of rotatable bonds is 12. The van der Waals surface area contributed by atoms with Gasteiger partial charge in [-0.15, -0.1) is 0 Å². The van der Waals surface area contributed by atoms with Crippen LogP contribution in [0, 0.1) is 13.8 Å². The Labute approximate surface area is 236 Å². The third kappa shape index (κ3) is 7.83. The Morgan fingerprint density at radius 1 is 0.872 bits per heavy atom. The molecule has 0 aliphatic carbocycles. The molecule has 1 N–H and O–H groups in total. The second kappa shape index (κ2) is 13.6. The largest absolute Gasteiger partial charge is 0.354 e. The minimum absolute atomic E-state index is 0.0819. The molecule has 1 atom stereocenters. The first kappa shape index (κ1) is 30.2. The highest BCUT2D eigenvalue weighted by Gasteiger charge is 2.33. The number of benzene rings is 3. The van der Waals surface area contributed by atoms with E-state index in [-0.39, 0.29) is 17.3 Å². The number of hydrogen-bond donors (Lipinski definition) is 1. The second-order valence-electron chi connectivity index (χ2n) is 9.52. The Hall–Kier alpha value is -3.36. The van der Waals surface area contributed by atoms with Crippen LogP contribution in [-0.4, -0.2) is 44.3 Å². The minimum atomic E-state index is -4.09. The van der Waals surface area contributed by atoms with E-state index in [0.29, 0.717) is 23.7 Å². The summed E-state index contributed by atoms with van der Waals surface area (Å²) >= 11 is 6.06. The molecule has 7 nitrogen and oxygen atoms in total. The molecule has 2 amide bonds. The Balaban J connectivity index is 2.03. The summed E-state index contributed by atoms with van der Waals surface area (Å²) < 4.78 is 28.8. The fourth-order valence-electron chi connectivity index (χ4n) is 4.15. The highest BCUT2D eigenvalue weighted by Crippen LogP contribution is 2.25. The van der Waals surface area contributed by atoms with Gasteiger partial charge in [-0.3, -0.25) is 13.9 Å². The van der Waals surface area contributed by atoms with E-state index in [2.05, 4.69) is 5.32 Å². The topological polar surface area (TPSA) is 86.8 Å². The number of halogens is 1. The second-order valence-corrected chi connectivity index (χ2v) is 11.8. The van der Waals surface area contributed by atoms with Crippen LogP contribution in [0.5, 0.6) is 0 Å². The Bertz CT molecular complexity index is 1360. The van der Waals surface area contributed by atoms with Crippen LogP contribution in [0.2, 0.25) is 5.02 Å². The van der Waals surface area contributed by atoms with Crippen molar-refractivity contribution in [2.24, 2.45) is 0 Å². The fraction of sp³-hybridized carbons (Fsp3) is 0.333. The predicted octanol–water partition coefficient (Wildman–Crippen LogP) is 5.49. The Morgan fingerprint density at radius 3 is 1.97 bits per heavy atom. The normalized spacial score (nSPS) is 12.0. The van der Waals surface area contributed by atoms with Gasteiger partial charge in [-0.25, -0.2) is 8.42 Å². The molecule has 9 heteroatoms. The molecule has 0 heterocycles. The van der Waals surface area contributed by atoms with E-state index in [9.17, 15) is 18.0 Å². The van der Waals surface area contributed by atoms with Crippen LogP contribution in [0.25, 0.3) is 0 Å². The summed E-state index contributed by atoms with van der Waals surface area (Å²) in [5.41, 5.74) is 3.02. The van der Waals surface area contributed by atoms with Gasteiger partial charge in [0.05, 0.1) is 10.6 Å². The van der Waals surface area contributed by atoms with Crippen molar-refractivity contribution in [3.63, 3.8) is 0 Å². The summed E-state index contributed by atoms with van der Waals surface area (Å²) in [5, 5.41) is 3.44. The van der Waals surface area contributed by atoms with Crippen molar-refractivity contribution < 1.29 is 18.0 Å². The molecule has 0 aromatic heterocycles. The van der Waals surface area contributed by atoms with E-state index >= 15 is 0 Å². The van der Waals surface area contributed by atoms with Gasteiger partial charge >= 0.3 is 0 Å². The van der Waals surface area contributed by atoms with E-state index in [1.54, 1.807) is 60.7 Å². The van der Waals surface area contributed by atoms with Crippen molar-refractivity contribution in [1.82, 2.24) is 10.2 Å². The molecule has 3 rings (SSSR count). The monoisotopic (exact) mass is 569 g/mol. The molecule has 0 bridgehead atoms. The van der Waals surface area contributed by atoms with Crippen molar-refractivity contribution >= 4 is 39.1 Å². The summed E-state index contributed by atoms with van der Waals surface area (Å²) in [5.74, 6) is -0.760. The molecule has 0 aliphatic rings. The lowest BCUT2D eigenvalue weighted by atomic mass is 10.1. The van der Waals surface area contributed by atoms with Gasteiger partial charge in [-0.1, -0.05) is 73.0 Å². The highest BCUT2D eigenvalue weighted by molar-refractivity contribution is 7.92. The minimum Gasteiger partial charge on any atom is -0.354 e. The molecule has 0 unspecified atom stereocenters. The average Bonchev–Trinajstić information content (AvgIpc) is 2.92. The maximum Gasteiger partial charge on any atom is 0.264 e.